The average molecular weight is 656 g/mol. The molecule has 0 rings (SSSR count). The van der Waals surface area contributed by atoms with Gasteiger partial charge < -0.3 is 9.64 Å². The van der Waals surface area contributed by atoms with Crippen molar-refractivity contribution < 1.29 is 9.53 Å². The van der Waals surface area contributed by atoms with Gasteiger partial charge in [0, 0.05) is 12.5 Å². The molecule has 0 heterocycles. The monoisotopic (exact) mass is 656 g/mol. The van der Waals surface area contributed by atoms with Gasteiger partial charge in [-0.3, -0.25) is 4.79 Å². The van der Waals surface area contributed by atoms with Gasteiger partial charge >= 0.3 is 5.97 Å². The Kier molecular flexibility index (Phi) is 35.9. The van der Waals surface area contributed by atoms with Gasteiger partial charge in [-0.2, -0.15) is 0 Å². The van der Waals surface area contributed by atoms with E-state index in [0.717, 1.165) is 38.6 Å². The molecule has 0 aliphatic rings. The molecule has 0 aromatic carbocycles. The molecule has 3 nitrogen and oxygen atoms in total. The minimum Gasteiger partial charge on any atom is -0.462 e. The van der Waals surface area contributed by atoms with Crippen molar-refractivity contribution in [3.8, 4) is 0 Å². The first-order valence-corrected chi connectivity index (χ1v) is 20.5. The normalized spacial score (nSPS) is 13.1. The van der Waals surface area contributed by atoms with Gasteiger partial charge in [0.05, 0.1) is 0 Å². The number of rotatable bonds is 35. The molecule has 0 N–H and O–H groups in total. The van der Waals surface area contributed by atoms with Crippen LogP contribution in [0.15, 0.2) is 48.6 Å². The van der Waals surface area contributed by atoms with Crippen molar-refractivity contribution in [2.24, 2.45) is 0 Å². The fourth-order valence-electron chi connectivity index (χ4n) is 5.77. The summed E-state index contributed by atoms with van der Waals surface area (Å²) in [6.45, 7) is 9.87. The first-order chi connectivity index (χ1) is 23.0. The molecule has 1 unspecified atom stereocenters. The van der Waals surface area contributed by atoms with Crippen LogP contribution in [-0.4, -0.2) is 36.6 Å². The van der Waals surface area contributed by atoms with E-state index in [1.54, 1.807) is 0 Å². The van der Waals surface area contributed by atoms with Gasteiger partial charge in [-0.1, -0.05) is 140 Å². The van der Waals surface area contributed by atoms with E-state index in [1.807, 2.05) is 0 Å². The number of unbranched alkanes of at least 4 members (excludes halogenated alkanes) is 17. The largest absolute Gasteiger partial charge is 0.462 e. The van der Waals surface area contributed by atoms with E-state index in [9.17, 15) is 4.79 Å². The fourth-order valence-corrected chi connectivity index (χ4v) is 5.77. The molecule has 0 spiro atoms. The molecule has 0 saturated heterocycles. The first-order valence-electron chi connectivity index (χ1n) is 20.5. The van der Waals surface area contributed by atoms with Crippen LogP contribution in [-0.2, 0) is 9.53 Å². The minimum atomic E-state index is 0.0108. The van der Waals surface area contributed by atoms with Crippen LogP contribution in [0.3, 0.4) is 0 Å². The van der Waals surface area contributed by atoms with E-state index in [-0.39, 0.29) is 12.1 Å². The number of hydrogen-bond acceptors (Lipinski definition) is 3. The molecule has 47 heavy (non-hydrogen) atoms. The van der Waals surface area contributed by atoms with Crippen molar-refractivity contribution in [1.29, 1.82) is 0 Å². The number of nitrogens with zero attached hydrogens (tertiary/aromatic N) is 1. The van der Waals surface area contributed by atoms with Gasteiger partial charge in [-0.15, -0.1) is 0 Å². The molecular formula is C44H81NO2. The predicted molar refractivity (Wildman–Crippen MR) is 210 cm³/mol. The smallest absolute Gasteiger partial charge is 0.306 e. The van der Waals surface area contributed by atoms with Gasteiger partial charge in [0.15, 0.2) is 0 Å². The van der Waals surface area contributed by atoms with E-state index >= 15 is 0 Å². The average Bonchev–Trinajstić information content (AvgIpc) is 3.06. The number of carbonyl (C=O) groups is 1. The Morgan fingerprint density at radius 1 is 0.532 bits per heavy atom. The molecule has 1 atom stereocenters. The zero-order valence-corrected chi connectivity index (χ0v) is 32.3. The van der Waals surface area contributed by atoms with Crippen molar-refractivity contribution in [3.05, 3.63) is 48.6 Å². The van der Waals surface area contributed by atoms with E-state index in [4.69, 9.17) is 4.74 Å². The van der Waals surface area contributed by atoms with Gasteiger partial charge in [-0.25, -0.2) is 0 Å². The van der Waals surface area contributed by atoms with Crippen LogP contribution >= 0.6 is 0 Å². The van der Waals surface area contributed by atoms with Gasteiger partial charge in [-0.05, 0) is 117 Å². The molecule has 3 heteroatoms. The molecule has 0 aromatic heterocycles. The van der Waals surface area contributed by atoms with Crippen LogP contribution < -0.4 is 0 Å². The summed E-state index contributed by atoms with van der Waals surface area (Å²) >= 11 is 0. The Balaban J connectivity index is 4.14. The fraction of sp³-hybridized carbons (Fsp3) is 0.795. The second-order valence-electron chi connectivity index (χ2n) is 14.2. The third-order valence-electron chi connectivity index (χ3n) is 9.27. The van der Waals surface area contributed by atoms with Crippen LogP contribution in [0.1, 0.15) is 201 Å². The third kappa shape index (κ3) is 35.5. The first kappa shape index (κ1) is 45.4. The van der Waals surface area contributed by atoms with Crippen LogP contribution in [0.25, 0.3) is 0 Å². The van der Waals surface area contributed by atoms with E-state index in [1.165, 1.54) is 135 Å². The van der Waals surface area contributed by atoms with Crippen LogP contribution in [0.2, 0.25) is 0 Å². The van der Waals surface area contributed by atoms with E-state index < -0.39 is 0 Å². The Labute approximate surface area is 295 Å². The van der Waals surface area contributed by atoms with Gasteiger partial charge in [0.25, 0.3) is 0 Å². The summed E-state index contributed by atoms with van der Waals surface area (Å²) in [5.74, 6) is 0.0108. The second-order valence-corrected chi connectivity index (χ2v) is 14.2. The van der Waals surface area contributed by atoms with Crippen LogP contribution in [0.5, 0.6) is 0 Å². The Morgan fingerprint density at radius 3 is 1.38 bits per heavy atom. The molecule has 0 bridgehead atoms. The lowest BCUT2D eigenvalue weighted by Gasteiger charge is -2.21. The topological polar surface area (TPSA) is 29.5 Å². The molecule has 0 fully saturated rings. The third-order valence-corrected chi connectivity index (χ3v) is 9.27. The zero-order valence-electron chi connectivity index (χ0n) is 32.3. The number of allylic oxidation sites excluding steroid dienone is 8. The standard InChI is InChI=1S/C44H81NO2/c1-6-8-10-12-14-16-18-20-22-24-26-28-30-32-34-36-39-43(47-44(46)40-37-41-45(5)42(3)4)38-35-33-31-29-27-25-23-21-19-17-15-13-11-9-7-2/h13-16,19-22,42-43H,6-12,17-18,23-41H2,1-5H3/b15-13+,16-14-,21-19-,22-20-. The number of esters is 1. The Morgan fingerprint density at radius 2 is 0.936 bits per heavy atom. The molecule has 0 radical (unpaired) electrons. The maximum atomic E-state index is 12.7. The highest BCUT2D eigenvalue weighted by Gasteiger charge is 2.15. The number of ether oxygens (including phenoxy) is 1. The summed E-state index contributed by atoms with van der Waals surface area (Å²) in [5.41, 5.74) is 0. The molecule has 0 aliphatic carbocycles. The van der Waals surface area contributed by atoms with Gasteiger partial charge in [0.1, 0.15) is 6.10 Å². The summed E-state index contributed by atoms with van der Waals surface area (Å²) < 4.78 is 6.05. The maximum Gasteiger partial charge on any atom is 0.306 e. The summed E-state index contributed by atoms with van der Waals surface area (Å²) in [7, 11) is 2.13. The van der Waals surface area contributed by atoms with E-state index in [0.29, 0.717) is 12.5 Å². The summed E-state index contributed by atoms with van der Waals surface area (Å²) in [5, 5.41) is 0. The van der Waals surface area contributed by atoms with Crippen LogP contribution in [0, 0.1) is 0 Å². The highest BCUT2D eigenvalue weighted by molar-refractivity contribution is 5.69. The quantitative estimate of drug-likeness (QED) is 0.0386. The van der Waals surface area contributed by atoms with Crippen molar-refractivity contribution in [2.45, 2.75) is 213 Å². The molecule has 0 amide bonds. The maximum absolute atomic E-state index is 12.7. The highest BCUT2D eigenvalue weighted by atomic mass is 16.5. The predicted octanol–water partition coefficient (Wildman–Crippen LogP) is 14.0. The summed E-state index contributed by atoms with van der Waals surface area (Å²) in [6.07, 6.45) is 51.3. The Hall–Kier alpha value is -1.61. The van der Waals surface area contributed by atoms with Crippen molar-refractivity contribution in [2.75, 3.05) is 13.6 Å². The zero-order chi connectivity index (χ0) is 34.5. The summed E-state index contributed by atoms with van der Waals surface area (Å²) in [4.78, 5) is 15.0. The van der Waals surface area contributed by atoms with Crippen LogP contribution in [0.4, 0.5) is 0 Å². The molecule has 0 saturated carbocycles. The highest BCUT2D eigenvalue weighted by Crippen LogP contribution is 2.18. The van der Waals surface area contributed by atoms with E-state index in [2.05, 4.69) is 88.3 Å². The lowest BCUT2D eigenvalue weighted by molar-refractivity contribution is -0.150. The molecular weight excluding hydrogens is 574 g/mol. The SMILES string of the molecule is CCCC/C=C/C/C=C\CCCCCCCCC(CCCCCCCC/C=C\C/C=C\CCCCC)OC(=O)CCCN(C)C(C)C. The Bertz CT molecular complexity index is 765. The van der Waals surface area contributed by atoms with Crippen molar-refractivity contribution >= 4 is 5.97 Å². The second kappa shape index (κ2) is 37.2. The van der Waals surface area contributed by atoms with Gasteiger partial charge in [0.2, 0.25) is 0 Å². The number of hydrogen-bond donors (Lipinski definition) is 0. The molecule has 274 valence electrons. The minimum absolute atomic E-state index is 0.0108. The lowest BCUT2D eigenvalue weighted by atomic mass is 10.0. The van der Waals surface area contributed by atoms with Crippen molar-refractivity contribution in [3.63, 3.8) is 0 Å². The molecule has 0 aliphatic heterocycles. The summed E-state index contributed by atoms with van der Waals surface area (Å²) in [6, 6.07) is 0.515. The van der Waals surface area contributed by atoms with Crippen molar-refractivity contribution in [1.82, 2.24) is 4.90 Å². The number of carbonyl (C=O) groups excluding carboxylic acids is 1. The lowest BCUT2D eigenvalue weighted by Crippen LogP contribution is -2.28. The molecule has 0 aromatic rings.